The molecule has 2 N–H and O–H groups in total. The molecule has 0 fully saturated rings. The van der Waals surface area contributed by atoms with Crippen molar-refractivity contribution in [2.75, 3.05) is 5.32 Å². The van der Waals surface area contributed by atoms with Crippen LogP contribution in [0.25, 0.3) is 0 Å². The Hall–Kier alpha value is -2.40. The molecule has 0 saturated carbocycles. The molecule has 2 rings (SSSR count). The van der Waals surface area contributed by atoms with Crippen LogP contribution >= 0.6 is 11.6 Å². The first kappa shape index (κ1) is 17.9. The molecule has 126 valence electrons. The summed E-state index contributed by atoms with van der Waals surface area (Å²) in [6.45, 7) is 7.54. The highest BCUT2D eigenvalue weighted by atomic mass is 35.5. The smallest absolute Gasteiger partial charge is 0.257 e. The predicted molar refractivity (Wildman–Crippen MR) is 95.6 cm³/mol. The van der Waals surface area contributed by atoms with Crippen LogP contribution in [0.15, 0.2) is 36.7 Å². The second-order valence-corrected chi connectivity index (χ2v) is 6.99. The number of nitrogens with zero attached hydrogens (tertiary/aromatic N) is 1. The molecular formula is C18H20ClN3O2. The number of carbonyl (C=O) groups excluding carboxylic acids is 2. The van der Waals surface area contributed by atoms with Crippen molar-refractivity contribution in [3.8, 4) is 0 Å². The Kier molecular flexibility index (Phi) is 5.24. The number of aromatic nitrogens is 1. The lowest BCUT2D eigenvalue weighted by Gasteiger charge is -2.20. The molecule has 0 aliphatic carbocycles. The molecule has 0 unspecified atom stereocenters. The van der Waals surface area contributed by atoms with Crippen molar-refractivity contribution in [2.45, 2.75) is 33.2 Å². The lowest BCUT2D eigenvalue weighted by atomic mass is 10.1. The van der Waals surface area contributed by atoms with Crippen molar-refractivity contribution >= 4 is 29.1 Å². The van der Waals surface area contributed by atoms with Crippen molar-refractivity contribution in [1.29, 1.82) is 0 Å². The van der Waals surface area contributed by atoms with Crippen LogP contribution in [0.1, 0.15) is 47.1 Å². The summed E-state index contributed by atoms with van der Waals surface area (Å²) in [5.74, 6) is -0.629. The summed E-state index contributed by atoms with van der Waals surface area (Å²) in [7, 11) is 0. The third kappa shape index (κ3) is 4.80. The summed E-state index contributed by atoms with van der Waals surface area (Å²) in [6.07, 6.45) is 2.85. The van der Waals surface area contributed by atoms with Crippen LogP contribution in [0.5, 0.6) is 0 Å². The largest absolute Gasteiger partial charge is 0.347 e. The number of hydrogen-bond donors (Lipinski definition) is 2. The molecule has 0 bridgehead atoms. The minimum Gasteiger partial charge on any atom is -0.347 e. The number of carbonyl (C=O) groups is 2. The van der Waals surface area contributed by atoms with Crippen molar-refractivity contribution in [2.24, 2.45) is 0 Å². The molecular weight excluding hydrogens is 326 g/mol. The maximum absolute atomic E-state index is 12.3. The average Bonchev–Trinajstić information content (AvgIpc) is 2.49. The maximum atomic E-state index is 12.3. The highest BCUT2D eigenvalue weighted by Gasteiger charge is 2.17. The van der Waals surface area contributed by atoms with Crippen molar-refractivity contribution in [3.63, 3.8) is 0 Å². The van der Waals surface area contributed by atoms with Gasteiger partial charge in [-0.1, -0.05) is 17.7 Å². The van der Waals surface area contributed by atoms with E-state index >= 15 is 0 Å². The molecule has 0 aliphatic heterocycles. The van der Waals surface area contributed by atoms with E-state index in [0.29, 0.717) is 21.8 Å². The number of anilines is 1. The fraction of sp³-hybridized carbons (Fsp3) is 0.278. The average molecular weight is 346 g/mol. The van der Waals surface area contributed by atoms with E-state index in [2.05, 4.69) is 15.6 Å². The number of amides is 2. The van der Waals surface area contributed by atoms with Gasteiger partial charge in [0.15, 0.2) is 0 Å². The monoisotopic (exact) mass is 345 g/mol. The van der Waals surface area contributed by atoms with Crippen LogP contribution in [-0.2, 0) is 0 Å². The third-order valence-electron chi connectivity index (χ3n) is 3.18. The number of benzene rings is 1. The van der Waals surface area contributed by atoms with E-state index in [0.717, 1.165) is 5.56 Å². The van der Waals surface area contributed by atoms with Gasteiger partial charge in [0.05, 0.1) is 11.1 Å². The van der Waals surface area contributed by atoms with E-state index in [1.807, 2.05) is 33.8 Å². The molecule has 0 saturated heterocycles. The first-order valence-corrected chi connectivity index (χ1v) is 7.88. The highest BCUT2D eigenvalue weighted by Crippen LogP contribution is 2.20. The Balaban J connectivity index is 2.16. The minimum absolute atomic E-state index is 0.275. The summed E-state index contributed by atoms with van der Waals surface area (Å²) in [5.41, 5.74) is 1.78. The zero-order chi connectivity index (χ0) is 17.9. The topological polar surface area (TPSA) is 71.1 Å². The zero-order valence-electron chi connectivity index (χ0n) is 14.1. The van der Waals surface area contributed by atoms with Gasteiger partial charge in [-0.05, 0) is 51.5 Å². The van der Waals surface area contributed by atoms with Crippen molar-refractivity contribution in [1.82, 2.24) is 10.3 Å². The first-order chi connectivity index (χ1) is 11.2. The van der Waals surface area contributed by atoms with Crippen LogP contribution in [-0.4, -0.2) is 22.3 Å². The normalized spacial score (nSPS) is 11.0. The van der Waals surface area contributed by atoms with Gasteiger partial charge in [-0.2, -0.15) is 0 Å². The lowest BCUT2D eigenvalue weighted by Crippen LogP contribution is -2.40. The van der Waals surface area contributed by atoms with Crippen LogP contribution in [0.4, 0.5) is 5.69 Å². The van der Waals surface area contributed by atoms with Gasteiger partial charge in [0.1, 0.15) is 0 Å². The molecule has 0 atom stereocenters. The van der Waals surface area contributed by atoms with E-state index in [1.54, 1.807) is 12.1 Å². The van der Waals surface area contributed by atoms with Gasteiger partial charge in [-0.15, -0.1) is 0 Å². The Labute approximate surface area is 146 Å². The molecule has 24 heavy (non-hydrogen) atoms. The molecule has 0 spiro atoms. The number of halogens is 1. The molecule has 2 amide bonds. The fourth-order valence-electron chi connectivity index (χ4n) is 1.97. The number of nitrogens with one attached hydrogen (secondary N) is 2. The van der Waals surface area contributed by atoms with Gasteiger partial charge in [0, 0.05) is 28.6 Å². The maximum Gasteiger partial charge on any atom is 0.257 e. The number of hydrogen-bond acceptors (Lipinski definition) is 3. The van der Waals surface area contributed by atoms with Gasteiger partial charge in [-0.3, -0.25) is 14.6 Å². The molecule has 1 aromatic heterocycles. The predicted octanol–water partition coefficient (Wildman–Crippen LogP) is 3.82. The van der Waals surface area contributed by atoms with Gasteiger partial charge in [-0.25, -0.2) is 0 Å². The summed E-state index contributed by atoms with van der Waals surface area (Å²) < 4.78 is 0. The molecule has 1 heterocycles. The standard InChI is InChI=1S/C18H20ClN3O2/c1-11-5-6-14(8-15(11)19)21-16(23)12-7-13(10-20-9-12)17(24)22-18(2,3)4/h5-10H,1-4H3,(H,21,23)(H,22,24). The van der Waals surface area contributed by atoms with Crippen LogP contribution in [0, 0.1) is 6.92 Å². The molecule has 6 heteroatoms. The van der Waals surface area contributed by atoms with Gasteiger partial charge in [0.2, 0.25) is 0 Å². The quantitative estimate of drug-likeness (QED) is 0.888. The number of pyridine rings is 1. The van der Waals surface area contributed by atoms with Gasteiger partial charge in [0.25, 0.3) is 11.8 Å². The number of rotatable bonds is 3. The SMILES string of the molecule is Cc1ccc(NC(=O)c2cncc(C(=O)NC(C)(C)C)c2)cc1Cl. The summed E-state index contributed by atoms with van der Waals surface area (Å²) in [5, 5.41) is 6.16. The lowest BCUT2D eigenvalue weighted by molar-refractivity contribution is 0.0919. The third-order valence-corrected chi connectivity index (χ3v) is 3.59. The van der Waals surface area contributed by atoms with Crippen LogP contribution in [0.2, 0.25) is 5.02 Å². The fourth-order valence-corrected chi connectivity index (χ4v) is 2.16. The minimum atomic E-state index is -0.367. The van der Waals surface area contributed by atoms with Crippen LogP contribution < -0.4 is 10.6 Å². The van der Waals surface area contributed by atoms with E-state index in [1.165, 1.54) is 18.5 Å². The van der Waals surface area contributed by atoms with E-state index in [-0.39, 0.29) is 17.4 Å². The Morgan fingerprint density at radius 1 is 1.04 bits per heavy atom. The molecule has 0 aliphatic rings. The second kappa shape index (κ2) is 7.01. The van der Waals surface area contributed by atoms with Gasteiger partial charge >= 0.3 is 0 Å². The van der Waals surface area contributed by atoms with E-state index < -0.39 is 0 Å². The van der Waals surface area contributed by atoms with Crippen molar-refractivity contribution in [3.05, 3.63) is 58.4 Å². The van der Waals surface area contributed by atoms with Crippen LogP contribution in [0.3, 0.4) is 0 Å². The summed E-state index contributed by atoms with van der Waals surface area (Å²) >= 11 is 6.05. The van der Waals surface area contributed by atoms with Crippen molar-refractivity contribution < 1.29 is 9.59 Å². The molecule has 1 aromatic carbocycles. The Bertz CT molecular complexity index is 782. The Morgan fingerprint density at radius 3 is 2.25 bits per heavy atom. The second-order valence-electron chi connectivity index (χ2n) is 6.58. The summed E-state index contributed by atoms with van der Waals surface area (Å²) in [4.78, 5) is 28.5. The van der Waals surface area contributed by atoms with E-state index in [4.69, 9.17) is 11.6 Å². The summed E-state index contributed by atoms with van der Waals surface area (Å²) in [6, 6.07) is 6.78. The zero-order valence-corrected chi connectivity index (χ0v) is 14.9. The van der Waals surface area contributed by atoms with E-state index in [9.17, 15) is 9.59 Å². The molecule has 2 aromatic rings. The first-order valence-electron chi connectivity index (χ1n) is 7.51. The number of aryl methyl sites for hydroxylation is 1. The molecule has 5 nitrogen and oxygen atoms in total. The Morgan fingerprint density at radius 2 is 1.67 bits per heavy atom. The highest BCUT2D eigenvalue weighted by molar-refractivity contribution is 6.31. The molecule has 0 radical (unpaired) electrons. The van der Waals surface area contributed by atoms with Gasteiger partial charge < -0.3 is 10.6 Å².